The van der Waals surface area contributed by atoms with Crippen LogP contribution < -0.4 is 5.73 Å². The standard InChI is InChI=1S/C13H24N4O2S/c1-4-19-7-8-20-13-16-15-12(6-5-11(14)18)17(13)9-10(2)3/h10H,4-9H2,1-3H3,(H2,14,18). The lowest BCUT2D eigenvalue weighted by Crippen LogP contribution is -2.15. The molecule has 0 spiro atoms. The molecule has 1 rings (SSSR count). The number of carbonyl (C=O) groups excluding carboxylic acids is 1. The third-order valence-corrected chi connectivity index (χ3v) is 3.53. The Balaban J connectivity index is 2.69. The number of ether oxygens (including phenoxy) is 1. The van der Waals surface area contributed by atoms with Crippen molar-refractivity contribution in [2.45, 2.75) is 45.3 Å². The molecule has 0 bridgehead atoms. The van der Waals surface area contributed by atoms with E-state index in [1.54, 1.807) is 11.8 Å². The van der Waals surface area contributed by atoms with Crippen molar-refractivity contribution < 1.29 is 9.53 Å². The van der Waals surface area contributed by atoms with Gasteiger partial charge in [-0.2, -0.15) is 0 Å². The summed E-state index contributed by atoms with van der Waals surface area (Å²) in [5.41, 5.74) is 5.19. The Morgan fingerprint density at radius 2 is 2.20 bits per heavy atom. The maximum atomic E-state index is 10.9. The number of aryl methyl sites for hydroxylation is 1. The van der Waals surface area contributed by atoms with Gasteiger partial charge in [-0.1, -0.05) is 25.6 Å². The lowest BCUT2D eigenvalue weighted by Gasteiger charge is -2.12. The molecular formula is C13H24N4O2S. The van der Waals surface area contributed by atoms with E-state index in [1.807, 2.05) is 6.92 Å². The van der Waals surface area contributed by atoms with Crippen LogP contribution >= 0.6 is 11.8 Å². The number of aromatic nitrogens is 3. The first-order chi connectivity index (χ1) is 9.54. The Morgan fingerprint density at radius 3 is 2.80 bits per heavy atom. The first kappa shape index (κ1) is 17.0. The number of carbonyl (C=O) groups is 1. The van der Waals surface area contributed by atoms with Crippen molar-refractivity contribution in [3.05, 3.63) is 5.82 Å². The van der Waals surface area contributed by atoms with Gasteiger partial charge in [0.25, 0.3) is 0 Å². The van der Waals surface area contributed by atoms with E-state index in [4.69, 9.17) is 10.5 Å². The summed E-state index contributed by atoms with van der Waals surface area (Å²) in [5.74, 6) is 1.86. The third-order valence-electron chi connectivity index (χ3n) is 2.60. The Kier molecular flexibility index (Phi) is 7.61. The molecule has 0 aliphatic rings. The van der Waals surface area contributed by atoms with Crippen molar-refractivity contribution in [1.82, 2.24) is 14.8 Å². The lowest BCUT2D eigenvalue weighted by molar-refractivity contribution is -0.118. The van der Waals surface area contributed by atoms with E-state index in [9.17, 15) is 4.79 Å². The molecular weight excluding hydrogens is 276 g/mol. The Morgan fingerprint density at radius 1 is 1.45 bits per heavy atom. The molecule has 6 nitrogen and oxygen atoms in total. The van der Waals surface area contributed by atoms with Crippen LogP contribution in [0.4, 0.5) is 0 Å². The Labute approximate surface area is 124 Å². The maximum absolute atomic E-state index is 10.9. The minimum Gasteiger partial charge on any atom is -0.381 e. The van der Waals surface area contributed by atoms with E-state index >= 15 is 0 Å². The highest BCUT2D eigenvalue weighted by Gasteiger charge is 2.14. The smallest absolute Gasteiger partial charge is 0.217 e. The summed E-state index contributed by atoms with van der Waals surface area (Å²) in [5, 5.41) is 9.28. The van der Waals surface area contributed by atoms with Gasteiger partial charge >= 0.3 is 0 Å². The summed E-state index contributed by atoms with van der Waals surface area (Å²) in [7, 11) is 0. The molecule has 0 fully saturated rings. The minimum atomic E-state index is -0.311. The number of hydrogen-bond donors (Lipinski definition) is 1. The van der Waals surface area contributed by atoms with Crippen molar-refractivity contribution in [2.75, 3.05) is 19.0 Å². The normalized spacial score (nSPS) is 11.2. The highest BCUT2D eigenvalue weighted by Crippen LogP contribution is 2.19. The summed E-state index contributed by atoms with van der Waals surface area (Å²) in [4.78, 5) is 10.9. The molecule has 7 heteroatoms. The fourth-order valence-electron chi connectivity index (χ4n) is 1.73. The van der Waals surface area contributed by atoms with Crippen LogP contribution in [0.2, 0.25) is 0 Å². The fourth-order valence-corrected chi connectivity index (χ4v) is 2.55. The molecule has 20 heavy (non-hydrogen) atoms. The Bertz CT molecular complexity index is 421. The van der Waals surface area contributed by atoms with Crippen LogP contribution in [-0.2, 0) is 22.5 Å². The summed E-state index contributed by atoms with van der Waals surface area (Å²) in [6.07, 6.45) is 0.848. The molecule has 0 saturated heterocycles. The van der Waals surface area contributed by atoms with Gasteiger partial charge in [0.05, 0.1) is 6.61 Å². The molecule has 0 aromatic carbocycles. The van der Waals surface area contributed by atoms with Gasteiger partial charge in [-0.25, -0.2) is 0 Å². The van der Waals surface area contributed by atoms with Gasteiger partial charge in [0.2, 0.25) is 5.91 Å². The number of nitrogens with two attached hydrogens (primary N) is 1. The van der Waals surface area contributed by atoms with Crippen LogP contribution in [0.5, 0.6) is 0 Å². The first-order valence-corrected chi connectivity index (χ1v) is 7.94. The van der Waals surface area contributed by atoms with E-state index in [0.717, 1.165) is 29.9 Å². The van der Waals surface area contributed by atoms with Crippen molar-refractivity contribution in [3.8, 4) is 0 Å². The average molecular weight is 300 g/mol. The van der Waals surface area contributed by atoms with Crippen molar-refractivity contribution in [1.29, 1.82) is 0 Å². The summed E-state index contributed by atoms with van der Waals surface area (Å²) >= 11 is 1.63. The largest absolute Gasteiger partial charge is 0.381 e. The highest BCUT2D eigenvalue weighted by atomic mass is 32.2. The highest BCUT2D eigenvalue weighted by molar-refractivity contribution is 7.99. The summed E-state index contributed by atoms with van der Waals surface area (Å²) in [6, 6.07) is 0. The van der Waals surface area contributed by atoms with Crippen LogP contribution in [0.25, 0.3) is 0 Å². The molecule has 0 radical (unpaired) electrons. The molecule has 0 atom stereocenters. The quantitative estimate of drug-likeness (QED) is 0.523. The number of hydrogen-bond acceptors (Lipinski definition) is 5. The summed E-state index contributed by atoms with van der Waals surface area (Å²) in [6.45, 7) is 8.54. The van der Waals surface area contributed by atoms with Crippen LogP contribution in [-0.4, -0.2) is 39.6 Å². The van der Waals surface area contributed by atoms with Gasteiger partial charge in [-0.05, 0) is 12.8 Å². The van der Waals surface area contributed by atoms with Gasteiger partial charge in [0.1, 0.15) is 5.82 Å². The summed E-state index contributed by atoms with van der Waals surface area (Å²) < 4.78 is 7.41. The van der Waals surface area contributed by atoms with Crippen molar-refractivity contribution in [3.63, 3.8) is 0 Å². The fraction of sp³-hybridized carbons (Fsp3) is 0.769. The molecule has 0 aliphatic heterocycles. The maximum Gasteiger partial charge on any atom is 0.217 e. The topological polar surface area (TPSA) is 83.0 Å². The molecule has 1 aromatic heterocycles. The second-order valence-electron chi connectivity index (χ2n) is 4.91. The zero-order valence-electron chi connectivity index (χ0n) is 12.5. The zero-order valence-corrected chi connectivity index (χ0v) is 13.3. The van der Waals surface area contributed by atoms with E-state index in [-0.39, 0.29) is 5.91 Å². The number of thioether (sulfide) groups is 1. The first-order valence-electron chi connectivity index (χ1n) is 6.95. The predicted molar refractivity (Wildman–Crippen MR) is 79.6 cm³/mol. The van der Waals surface area contributed by atoms with Gasteiger partial charge in [0.15, 0.2) is 5.16 Å². The van der Waals surface area contributed by atoms with Crippen molar-refractivity contribution >= 4 is 17.7 Å². The van der Waals surface area contributed by atoms with E-state index in [1.165, 1.54) is 0 Å². The van der Waals surface area contributed by atoms with Crippen molar-refractivity contribution in [2.24, 2.45) is 11.7 Å². The van der Waals surface area contributed by atoms with E-state index in [2.05, 4.69) is 28.6 Å². The molecule has 0 aliphatic carbocycles. The van der Waals surface area contributed by atoms with E-state index < -0.39 is 0 Å². The molecule has 1 aromatic rings. The number of rotatable bonds is 10. The van der Waals surface area contributed by atoms with Gasteiger partial charge in [0, 0.05) is 31.7 Å². The molecule has 0 unspecified atom stereocenters. The lowest BCUT2D eigenvalue weighted by atomic mass is 10.2. The van der Waals surface area contributed by atoms with Gasteiger partial charge in [-0.3, -0.25) is 4.79 Å². The number of amides is 1. The van der Waals surface area contributed by atoms with Crippen LogP contribution in [0.3, 0.4) is 0 Å². The molecule has 114 valence electrons. The minimum absolute atomic E-state index is 0.305. The molecule has 2 N–H and O–H groups in total. The van der Waals surface area contributed by atoms with Crippen LogP contribution in [0.15, 0.2) is 5.16 Å². The second kappa shape index (κ2) is 8.97. The average Bonchev–Trinajstić information content (AvgIpc) is 2.74. The van der Waals surface area contributed by atoms with Gasteiger partial charge in [-0.15, -0.1) is 10.2 Å². The van der Waals surface area contributed by atoms with Crippen LogP contribution in [0.1, 0.15) is 33.0 Å². The predicted octanol–water partition coefficient (Wildman–Crippen LogP) is 1.48. The molecule has 0 saturated carbocycles. The van der Waals surface area contributed by atoms with E-state index in [0.29, 0.717) is 25.4 Å². The van der Waals surface area contributed by atoms with Gasteiger partial charge < -0.3 is 15.0 Å². The van der Waals surface area contributed by atoms with Crippen LogP contribution in [0, 0.1) is 5.92 Å². The SMILES string of the molecule is CCOCCSc1nnc(CCC(N)=O)n1CC(C)C. The zero-order chi connectivity index (χ0) is 15.0. The second-order valence-corrected chi connectivity index (χ2v) is 5.98. The Hall–Kier alpha value is -1.08. The number of primary amides is 1. The molecule has 1 heterocycles. The monoisotopic (exact) mass is 300 g/mol. The number of nitrogens with zero attached hydrogens (tertiary/aromatic N) is 3. The molecule has 1 amide bonds. The third kappa shape index (κ3) is 5.92.